The van der Waals surface area contributed by atoms with Gasteiger partial charge < -0.3 is 5.73 Å². The van der Waals surface area contributed by atoms with Gasteiger partial charge in [-0.25, -0.2) is 4.98 Å². The van der Waals surface area contributed by atoms with Crippen molar-refractivity contribution in [1.82, 2.24) is 4.98 Å². The standard InChI is InChI=1S/C8H7BrN2S2/c1-4-7(11-8(10)12-4)5-2-3-6(9)13-5/h2-3H,1H3,(H2,10,11). The van der Waals surface area contributed by atoms with Crippen LogP contribution in [-0.4, -0.2) is 4.98 Å². The minimum Gasteiger partial charge on any atom is -0.375 e. The number of anilines is 1. The summed E-state index contributed by atoms with van der Waals surface area (Å²) in [6, 6.07) is 4.07. The molecule has 68 valence electrons. The SMILES string of the molecule is Cc1sc(N)nc1-c1ccc(Br)s1. The Morgan fingerprint density at radius 3 is 2.62 bits per heavy atom. The van der Waals surface area contributed by atoms with Crippen LogP contribution in [0.5, 0.6) is 0 Å². The number of thiophene rings is 1. The number of nitrogens with zero attached hydrogens (tertiary/aromatic N) is 1. The maximum Gasteiger partial charge on any atom is 0.180 e. The third-order valence-electron chi connectivity index (χ3n) is 1.62. The van der Waals surface area contributed by atoms with E-state index in [4.69, 9.17) is 5.73 Å². The first kappa shape index (κ1) is 9.18. The quantitative estimate of drug-likeness (QED) is 0.864. The molecular formula is C8H7BrN2S2. The highest BCUT2D eigenvalue weighted by Crippen LogP contribution is 2.35. The molecule has 0 spiro atoms. The molecule has 2 aromatic heterocycles. The highest BCUT2D eigenvalue weighted by Gasteiger charge is 2.09. The van der Waals surface area contributed by atoms with Crippen LogP contribution in [0.2, 0.25) is 0 Å². The van der Waals surface area contributed by atoms with E-state index in [0.29, 0.717) is 5.13 Å². The Balaban J connectivity index is 2.51. The van der Waals surface area contributed by atoms with E-state index in [1.807, 2.05) is 13.0 Å². The molecule has 0 amide bonds. The van der Waals surface area contributed by atoms with Crippen LogP contribution in [0.15, 0.2) is 15.9 Å². The van der Waals surface area contributed by atoms with Gasteiger partial charge in [0.1, 0.15) is 0 Å². The van der Waals surface area contributed by atoms with Gasteiger partial charge in [-0.2, -0.15) is 0 Å². The highest BCUT2D eigenvalue weighted by molar-refractivity contribution is 9.11. The van der Waals surface area contributed by atoms with Gasteiger partial charge in [0.05, 0.1) is 14.4 Å². The number of nitrogens with two attached hydrogens (primary N) is 1. The zero-order valence-corrected chi connectivity index (χ0v) is 10.1. The van der Waals surface area contributed by atoms with Gasteiger partial charge >= 0.3 is 0 Å². The minimum absolute atomic E-state index is 0.636. The summed E-state index contributed by atoms with van der Waals surface area (Å²) in [5.41, 5.74) is 6.64. The van der Waals surface area contributed by atoms with Gasteiger partial charge in [-0.3, -0.25) is 0 Å². The molecule has 0 radical (unpaired) electrons. The smallest absolute Gasteiger partial charge is 0.180 e. The summed E-state index contributed by atoms with van der Waals surface area (Å²) in [7, 11) is 0. The van der Waals surface area contributed by atoms with Crippen molar-refractivity contribution in [3.63, 3.8) is 0 Å². The topological polar surface area (TPSA) is 38.9 Å². The second kappa shape index (κ2) is 3.40. The molecule has 0 aromatic carbocycles. The number of aromatic nitrogens is 1. The van der Waals surface area contributed by atoms with Crippen LogP contribution in [0.4, 0.5) is 5.13 Å². The molecular weight excluding hydrogens is 268 g/mol. The lowest BCUT2D eigenvalue weighted by Crippen LogP contribution is -1.81. The van der Waals surface area contributed by atoms with Crippen LogP contribution in [0, 0.1) is 6.92 Å². The van der Waals surface area contributed by atoms with Gasteiger partial charge in [0.25, 0.3) is 0 Å². The Kier molecular flexibility index (Phi) is 2.40. The number of nitrogen functional groups attached to an aromatic ring is 1. The van der Waals surface area contributed by atoms with Crippen molar-refractivity contribution in [1.29, 1.82) is 0 Å². The Bertz CT molecular complexity index is 433. The van der Waals surface area contributed by atoms with Crippen LogP contribution < -0.4 is 5.73 Å². The number of hydrogen-bond acceptors (Lipinski definition) is 4. The van der Waals surface area contributed by atoms with Gasteiger partial charge in [-0.05, 0) is 35.0 Å². The number of halogens is 1. The summed E-state index contributed by atoms with van der Waals surface area (Å²) in [4.78, 5) is 6.62. The number of thiazole rings is 1. The average molecular weight is 275 g/mol. The first-order valence-electron chi connectivity index (χ1n) is 3.65. The van der Waals surface area contributed by atoms with Crippen LogP contribution in [0.1, 0.15) is 4.88 Å². The van der Waals surface area contributed by atoms with E-state index in [2.05, 4.69) is 27.0 Å². The van der Waals surface area contributed by atoms with E-state index < -0.39 is 0 Å². The zero-order chi connectivity index (χ0) is 9.42. The highest BCUT2D eigenvalue weighted by atomic mass is 79.9. The molecule has 0 bridgehead atoms. The molecule has 0 atom stereocenters. The maximum atomic E-state index is 5.62. The molecule has 0 aliphatic rings. The Hall–Kier alpha value is -0.390. The normalized spacial score (nSPS) is 10.6. The van der Waals surface area contributed by atoms with Crippen LogP contribution >= 0.6 is 38.6 Å². The van der Waals surface area contributed by atoms with Crippen molar-refractivity contribution >= 4 is 43.7 Å². The van der Waals surface area contributed by atoms with E-state index in [9.17, 15) is 0 Å². The molecule has 2 rings (SSSR count). The molecule has 0 fully saturated rings. The van der Waals surface area contributed by atoms with E-state index in [0.717, 1.165) is 14.4 Å². The largest absolute Gasteiger partial charge is 0.375 e. The first-order valence-corrected chi connectivity index (χ1v) is 6.08. The maximum absolute atomic E-state index is 5.62. The van der Waals surface area contributed by atoms with E-state index >= 15 is 0 Å². The fraction of sp³-hybridized carbons (Fsp3) is 0.125. The number of hydrogen-bond donors (Lipinski definition) is 1. The molecule has 2 aromatic rings. The summed E-state index contributed by atoms with van der Waals surface area (Å²) in [6.07, 6.45) is 0. The molecule has 5 heteroatoms. The molecule has 13 heavy (non-hydrogen) atoms. The lowest BCUT2D eigenvalue weighted by molar-refractivity contribution is 1.40. The van der Waals surface area contributed by atoms with Gasteiger partial charge in [-0.15, -0.1) is 22.7 Å². The molecule has 0 saturated carbocycles. The fourth-order valence-corrected chi connectivity index (χ4v) is 3.29. The van der Waals surface area contributed by atoms with Crippen molar-refractivity contribution < 1.29 is 0 Å². The van der Waals surface area contributed by atoms with Gasteiger partial charge in [-0.1, -0.05) is 0 Å². The molecule has 0 aliphatic heterocycles. The lowest BCUT2D eigenvalue weighted by atomic mass is 10.3. The number of rotatable bonds is 1. The van der Waals surface area contributed by atoms with Gasteiger partial charge in [0, 0.05) is 4.88 Å². The monoisotopic (exact) mass is 274 g/mol. The van der Waals surface area contributed by atoms with E-state index in [1.165, 1.54) is 16.2 Å². The second-order valence-corrected chi connectivity index (χ2v) is 6.26. The molecule has 2 nitrogen and oxygen atoms in total. The van der Waals surface area contributed by atoms with Crippen LogP contribution in [0.25, 0.3) is 10.6 Å². The summed E-state index contributed by atoms with van der Waals surface area (Å²) in [5.74, 6) is 0. The molecule has 2 heterocycles. The Morgan fingerprint density at radius 2 is 2.15 bits per heavy atom. The Labute approximate surface area is 92.6 Å². The third kappa shape index (κ3) is 1.77. The summed E-state index contributed by atoms with van der Waals surface area (Å²) >= 11 is 6.63. The second-order valence-electron chi connectivity index (χ2n) is 2.56. The first-order chi connectivity index (χ1) is 6.16. The van der Waals surface area contributed by atoms with Gasteiger partial charge in [0.2, 0.25) is 0 Å². The summed E-state index contributed by atoms with van der Waals surface area (Å²) in [5, 5.41) is 0.636. The third-order valence-corrected chi connectivity index (χ3v) is 4.05. The van der Waals surface area contributed by atoms with Crippen molar-refractivity contribution in [2.45, 2.75) is 6.92 Å². The zero-order valence-electron chi connectivity index (χ0n) is 6.87. The lowest BCUT2D eigenvalue weighted by Gasteiger charge is -1.90. The molecule has 0 saturated heterocycles. The van der Waals surface area contributed by atoms with E-state index in [1.54, 1.807) is 11.3 Å². The Morgan fingerprint density at radius 1 is 1.38 bits per heavy atom. The molecule has 2 N–H and O–H groups in total. The van der Waals surface area contributed by atoms with Crippen LogP contribution in [0.3, 0.4) is 0 Å². The van der Waals surface area contributed by atoms with Crippen LogP contribution in [-0.2, 0) is 0 Å². The van der Waals surface area contributed by atoms with Crippen molar-refractivity contribution in [3.8, 4) is 10.6 Å². The van der Waals surface area contributed by atoms with Crippen molar-refractivity contribution in [2.75, 3.05) is 5.73 Å². The summed E-state index contributed by atoms with van der Waals surface area (Å²) in [6.45, 7) is 2.04. The average Bonchev–Trinajstić information content (AvgIpc) is 2.58. The molecule has 0 aliphatic carbocycles. The minimum atomic E-state index is 0.636. The van der Waals surface area contributed by atoms with Gasteiger partial charge in [0.15, 0.2) is 5.13 Å². The fourth-order valence-electron chi connectivity index (χ4n) is 1.09. The number of aryl methyl sites for hydroxylation is 1. The van der Waals surface area contributed by atoms with E-state index in [-0.39, 0.29) is 0 Å². The molecule has 0 unspecified atom stereocenters. The van der Waals surface area contributed by atoms with Crippen molar-refractivity contribution in [3.05, 3.63) is 20.8 Å². The van der Waals surface area contributed by atoms with Crippen molar-refractivity contribution in [2.24, 2.45) is 0 Å². The predicted molar refractivity (Wildman–Crippen MR) is 62.3 cm³/mol. The predicted octanol–water partition coefficient (Wildman–Crippen LogP) is 3.52. The summed E-state index contributed by atoms with van der Waals surface area (Å²) < 4.78 is 1.12.